The molecular formula is C23H32N3O3S+. The van der Waals surface area contributed by atoms with Crippen molar-refractivity contribution in [2.24, 2.45) is 0 Å². The van der Waals surface area contributed by atoms with E-state index >= 15 is 0 Å². The first-order chi connectivity index (χ1) is 14.3. The third-order valence-corrected chi connectivity index (χ3v) is 7.17. The largest absolute Gasteiger partial charge is 0.352 e. The molecule has 1 heterocycles. The molecule has 1 aliphatic rings. The summed E-state index contributed by atoms with van der Waals surface area (Å²) in [7, 11) is -3.69. The molecule has 1 amide bonds. The molecule has 1 saturated heterocycles. The Balaban J connectivity index is 1.50. The van der Waals surface area contributed by atoms with Gasteiger partial charge < -0.3 is 10.2 Å². The maximum Gasteiger partial charge on any atom is 0.261 e. The van der Waals surface area contributed by atoms with Crippen molar-refractivity contribution >= 4 is 21.6 Å². The topological polar surface area (TPSA) is 79.7 Å². The van der Waals surface area contributed by atoms with Crippen LogP contribution in [0.4, 0.5) is 5.69 Å². The molecule has 1 aliphatic heterocycles. The van der Waals surface area contributed by atoms with E-state index in [4.69, 9.17) is 0 Å². The van der Waals surface area contributed by atoms with Crippen LogP contribution in [-0.4, -0.2) is 40.0 Å². The summed E-state index contributed by atoms with van der Waals surface area (Å²) in [6.45, 7) is 7.17. The zero-order chi connectivity index (χ0) is 21.6. The number of piperidine rings is 1. The van der Waals surface area contributed by atoms with Gasteiger partial charge in [0.2, 0.25) is 0 Å². The van der Waals surface area contributed by atoms with E-state index in [0.717, 1.165) is 18.5 Å². The summed E-state index contributed by atoms with van der Waals surface area (Å²) < 4.78 is 27.6. The van der Waals surface area contributed by atoms with Crippen molar-refractivity contribution in [1.29, 1.82) is 0 Å². The van der Waals surface area contributed by atoms with E-state index in [1.807, 2.05) is 19.1 Å². The fraction of sp³-hybridized carbons (Fsp3) is 0.435. The highest BCUT2D eigenvalue weighted by Gasteiger charge is 2.21. The van der Waals surface area contributed by atoms with Gasteiger partial charge in [0.05, 0.1) is 24.0 Å². The SMILES string of the molecule is Cc1ccc(NS(=O)(=O)c2ccc(C(=O)NCCC[NH+]3CCCC[C@H]3C)cc2)cc1. The fourth-order valence-corrected chi connectivity index (χ4v) is 4.92. The predicted octanol–water partition coefficient (Wildman–Crippen LogP) is 2.37. The number of carbonyl (C=O) groups is 1. The van der Waals surface area contributed by atoms with Gasteiger partial charge in [0.15, 0.2) is 0 Å². The molecule has 7 heteroatoms. The van der Waals surface area contributed by atoms with Crippen LogP contribution in [0.2, 0.25) is 0 Å². The number of carbonyl (C=O) groups excluding carboxylic acids is 1. The molecule has 0 aliphatic carbocycles. The molecule has 162 valence electrons. The average Bonchev–Trinajstić information content (AvgIpc) is 2.74. The first kappa shape index (κ1) is 22.3. The number of sulfonamides is 1. The summed E-state index contributed by atoms with van der Waals surface area (Å²) in [5.41, 5.74) is 2.02. The van der Waals surface area contributed by atoms with Crippen molar-refractivity contribution < 1.29 is 18.1 Å². The molecule has 2 atom stereocenters. The highest BCUT2D eigenvalue weighted by molar-refractivity contribution is 7.92. The number of benzene rings is 2. The number of aryl methyl sites for hydroxylation is 1. The molecule has 2 aromatic carbocycles. The minimum Gasteiger partial charge on any atom is -0.352 e. The van der Waals surface area contributed by atoms with Crippen molar-refractivity contribution in [2.75, 3.05) is 24.4 Å². The maximum absolute atomic E-state index is 12.5. The van der Waals surface area contributed by atoms with Gasteiger partial charge in [0, 0.05) is 24.2 Å². The van der Waals surface area contributed by atoms with Crippen molar-refractivity contribution in [3.8, 4) is 0 Å². The second-order valence-corrected chi connectivity index (χ2v) is 9.84. The lowest BCUT2D eigenvalue weighted by molar-refractivity contribution is -0.928. The molecule has 0 bridgehead atoms. The first-order valence-electron chi connectivity index (χ1n) is 10.7. The summed E-state index contributed by atoms with van der Waals surface area (Å²) in [6, 6.07) is 13.9. The third kappa shape index (κ3) is 6.06. The Kier molecular flexibility index (Phi) is 7.50. The van der Waals surface area contributed by atoms with Gasteiger partial charge in [-0.3, -0.25) is 9.52 Å². The van der Waals surface area contributed by atoms with Crippen molar-refractivity contribution in [3.05, 3.63) is 59.7 Å². The van der Waals surface area contributed by atoms with Gasteiger partial charge in [-0.05, 0) is 69.5 Å². The van der Waals surface area contributed by atoms with E-state index < -0.39 is 10.0 Å². The summed E-state index contributed by atoms with van der Waals surface area (Å²) >= 11 is 0. The van der Waals surface area contributed by atoms with E-state index in [2.05, 4.69) is 17.0 Å². The van der Waals surface area contributed by atoms with Gasteiger partial charge in [-0.15, -0.1) is 0 Å². The monoisotopic (exact) mass is 430 g/mol. The van der Waals surface area contributed by atoms with Gasteiger partial charge in [-0.25, -0.2) is 8.42 Å². The Hall–Kier alpha value is -2.38. The molecule has 1 unspecified atom stereocenters. The number of hydrogen-bond donors (Lipinski definition) is 3. The second kappa shape index (κ2) is 10.1. The highest BCUT2D eigenvalue weighted by atomic mass is 32.2. The van der Waals surface area contributed by atoms with Crippen LogP contribution in [0.25, 0.3) is 0 Å². The molecule has 0 radical (unpaired) electrons. The van der Waals surface area contributed by atoms with Crippen LogP contribution in [0, 0.1) is 6.92 Å². The molecule has 30 heavy (non-hydrogen) atoms. The summed E-state index contributed by atoms with van der Waals surface area (Å²) in [6.07, 6.45) is 4.85. The molecule has 0 spiro atoms. The lowest BCUT2D eigenvalue weighted by atomic mass is 10.0. The lowest BCUT2D eigenvalue weighted by Crippen LogP contribution is -3.16. The molecule has 2 aromatic rings. The van der Waals surface area contributed by atoms with Gasteiger partial charge in [-0.2, -0.15) is 0 Å². The molecule has 0 aromatic heterocycles. The van der Waals surface area contributed by atoms with Crippen LogP contribution < -0.4 is 14.9 Å². The maximum atomic E-state index is 12.5. The molecular weight excluding hydrogens is 398 g/mol. The first-order valence-corrected chi connectivity index (χ1v) is 12.2. The number of amides is 1. The smallest absolute Gasteiger partial charge is 0.261 e. The molecule has 3 N–H and O–H groups in total. The number of anilines is 1. The Morgan fingerprint density at radius 1 is 1.07 bits per heavy atom. The molecule has 0 saturated carbocycles. The van der Waals surface area contributed by atoms with E-state index in [9.17, 15) is 13.2 Å². The Morgan fingerprint density at radius 2 is 1.77 bits per heavy atom. The molecule has 3 rings (SSSR count). The van der Waals surface area contributed by atoms with E-state index in [1.165, 1.54) is 37.9 Å². The van der Waals surface area contributed by atoms with Crippen LogP contribution in [0.15, 0.2) is 53.4 Å². The van der Waals surface area contributed by atoms with Crippen LogP contribution in [0.1, 0.15) is 48.5 Å². The normalized spacial score (nSPS) is 19.3. The standard InChI is InChI=1S/C23H31N3O3S/c1-18-7-11-21(12-8-18)25-30(28,29)22-13-9-20(10-14-22)23(27)24-15-5-17-26-16-4-3-6-19(26)2/h7-14,19,25H,3-6,15-17H2,1-2H3,(H,24,27)/p+1/t19-/m1/s1. The predicted molar refractivity (Wildman–Crippen MR) is 119 cm³/mol. The second-order valence-electron chi connectivity index (χ2n) is 8.16. The molecule has 1 fully saturated rings. The van der Waals surface area contributed by atoms with Crippen molar-refractivity contribution in [3.63, 3.8) is 0 Å². The Bertz CT molecular complexity index is 941. The minimum atomic E-state index is -3.69. The van der Waals surface area contributed by atoms with Crippen LogP contribution in [0.3, 0.4) is 0 Å². The number of likely N-dealkylation sites (tertiary alicyclic amines) is 1. The number of quaternary nitrogens is 1. The quantitative estimate of drug-likeness (QED) is 0.563. The van der Waals surface area contributed by atoms with Gasteiger partial charge >= 0.3 is 0 Å². The van der Waals surface area contributed by atoms with E-state index in [1.54, 1.807) is 29.2 Å². The van der Waals surface area contributed by atoms with Crippen LogP contribution in [-0.2, 0) is 10.0 Å². The zero-order valence-corrected chi connectivity index (χ0v) is 18.6. The van der Waals surface area contributed by atoms with Gasteiger partial charge in [0.25, 0.3) is 15.9 Å². The lowest BCUT2D eigenvalue weighted by Gasteiger charge is -2.30. The zero-order valence-electron chi connectivity index (χ0n) is 17.8. The number of hydrogen-bond acceptors (Lipinski definition) is 3. The summed E-state index contributed by atoms with van der Waals surface area (Å²) in [4.78, 5) is 14.1. The Morgan fingerprint density at radius 3 is 2.43 bits per heavy atom. The summed E-state index contributed by atoms with van der Waals surface area (Å²) in [5.74, 6) is -0.174. The third-order valence-electron chi connectivity index (χ3n) is 5.77. The average molecular weight is 431 g/mol. The summed E-state index contributed by atoms with van der Waals surface area (Å²) in [5, 5.41) is 2.94. The molecule has 6 nitrogen and oxygen atoms in total. The minimum absolute atomic E-state index is 0.127. The number of rotatable bonds is 8. The van der Waals surface area contributed by atoms with Crippen molar-refractivity contribution in [1.82, 2.24) is 5.32 Å². The van der Waals surface area contributed by atoms with E-state index in [0.29, 0.717) is 23.8 Å². The van der Waals surface area contributed by atoms with E-state index in [-0.39, 0.29) is 10.8 Å². The van der Waals surface area contributed by atoms with Crippen LogP contribution >= 0.6 is 0 Å². The highest BCUT2D eigenvalue weighted by Crippen LogP contribution is 2.17. The van der Waals surface area contributed by atoms with Crippen molar-refractivity contribution in [2.45, 2.75) is 50.5 Å². The Labute approximate surface area is 179 Å². The number of nitrogens with one attached hydrogen (secondary N) is 3. The van der Waals surface area contributed by atoms with Gasteiger partial charge in [0.1, 0.15) is 0 Å². The fourth-order valence-electron chi connectivity index (χ4n) is 3.87. The van der Waals surface area contributed by atoms with Crippen LogP contribution in [0.5, 0.6) is 0 Å². The van der Waals surface area contributed by atoms with Gasteiger partial charge in [-0.1, -0.05) is 17.7 Å².